The lowest BCUT2D eigenvalue weighted by molar-refractivity contribution is -0.170. The number of alkyl halides is 3. The maximum absolute atomic E-state index is 12.1. The highest BCUT2D eigenvalue weighted by Crippen LogP contribution is 2.27. The first-order valence-electron chi connectivity index (χ1n) is 4.20. The standard InChI is InChI=1S/C8H7F3N2O4/c1-3-4(6(14)15)5(17-12-3)13(2)7(16)8(9,10)11/h1-2H3,(H,14,15). The van der Waals surface area contributed by atoms with Crippen molar-refractivity contribution in [1.82, 2.24) is 5.16 Å². The molecule has 94 valence electrons. The van der Waals surface area contributed by atoms with E-state index in [1.807, 2.05) is 0 Å². The number of carboxylic acid groups (broad SMARTS) is 1. The lowest BCUT2D eigenvalue weighted by Gasteiger charge is -2.15. The second-order valence-corrected chi connectivity index (χ2v) is 3.12. The van der Waals surface area contributed by atoms with Crippen LogP contribution in [0.15, 0.2) is 4.52 Å². The molecular formula is C8H7F3N2O4. The summed E-state index contributed by atoms with van der Waals surface area (Å²) in [5, 5.41) is 12.0. The molecular weight excluding hydrogens is 245 g/mol. The van der Waals surface area contributed by atoms with Gasteiger partial charge < -0.3 is 9.63 Å². The maximum Gasteiger partial charge on any atom is 0.471 e. The molecule has 0 saturated carbocycles. The predicted molar refractivity (Wildman–Crippen MR) is 47.7 cm³/mol. The van der Waals surface area contributed by atoms with Gasteiger partial charge in [-0.25, -0.2) is 4.79 Å². The molecule has 0 aliphatic rings. The molecule has 0 aliphatic carbocycles. The largest absolute Gasteiger partial charge is 0.477 e. The van der Waals surface area contributed by atoms with Crippen LogP contribution < -0.4 is 4.90 Å². The zero-order valence-electron chi connectivity index (χ0n) is 8.70. The van der Waals surface area contributed by atoms with Gasteiger partial charge >= 0.3 is 18.1 Å². The molecule has 9 heteroatoms. The minimum atomic E-state index is -5.12. The van der Waals surface area contributed by atoms with Crippen LogP contribution in [0.4, 0.5) is 19.1 Å². The Morgan fingerprint density at radius 2 is 1.94 bits per heavy atom. The smallest absolute Gasteiger partial charge is 0.471 e. The maximum atomic E-state index is 12.1. The highest BCUT2D eigenvalue weighted by Gasteiger charge is 2.44. The summed E-state index contributed by atoms with van der Waals surface area (Å²) in [6.07, 6.45) is -5.12. The highest BCUT2D eigenvalue weighted by molar-refractivity contribution is 6.02. The zero-order valence-corrected chi connectivity index (χ0v) is 8.70. The van der Waals surface area contributed by atoms with Crippen LogP contribution in [0.2, 0.25) is 0 Å². The number of hydrogen-bond acceptors (Lipinski definition) is 4. The Labute approximate surface area is 92.6 Å². The van der Waals surface area contributed by atoms with E-state index in [4.69, 9.17) is 5.11 Å². The summed E-state index contributed by atoms with van der Waals surface area (Å²) in [5.41, 5.74) is -0.695. The van der Waals surface area contributed by atoms with Crippen molar-refractivity contribution in [3.05, 3.63) is 11.3 Å². The van der Waals surface area contributed by atoms with E-state index in [-0.39, 0.29) is 10.6 Å². The van der Waals surface area contributed by atoms with Crippen molar-refractivity contribution in [2.75, 3.05) is 11.9 Å². The van der Waals surface area contributed by atoms with Gasteiger partial charge in [-0.2, -0.15) is 13.2 Å². The van der Waals surface area contributed by atoms with Crippen molar-refractivity contribution < 1.29 is 32.4 Å². The van der Waals surface area contributed by atoms with Crippen LogP contribution in [0.5, 0.6) is 0 Å². The fourth-order valence-corrected chi connectivity index (χ4v) is 1.12. The first-order valence-corrected chi connectivity index (χ1v) is 4.20. The molecule has 0 fully saturated rings. The molecule has 1 amide bonds. The van der Waals surface area contributed by atoms with E-state index in [2.05, 4.69) is 9.68 Å². The number of nitrogens with zero attached hydrogens (tertiary/aromatic N) is 2. The average Bonchev–Trinajstić information content (AvgIpc) is 2.56. The Morgan fingerprint density at radius 3 is 2.35 bits per heavy atom. The number of halogens is 3. The molecule has 6 nitrogen and oxygen atoms in total. The van der Waals surface area contributed by atoms with Crippen molar-refractivity contribution in [2.24, 2.45) is 0 Å². The molecule has 1 heterocycles. The van der Waals surface area contributed by atoms with Gasteiger partial charge in [-0.05, 0) is 6.92 Å². The molecule has 1 aromatic rings. The minimum Gasteiger partial charge on any atom is -0.477 e. The number of carbonyl (C=O) groups is 2. The third-order valence-electron chi connectivity index (χ3n) is 1.91. The van der Waals surface area contributed by atoms with Gasteiger partial charge in [0.15, 0.2) is 0 Å². The molecule has 0 spiro atoms. The first kappa shape index (κ1) is 13.0. The monoisotopic (exact) mass is 252 g/mol. The Morgan fingerprint density at radius 1 is 1.41 bits per heavy atom. The fourth-order valence-electron chi connectivity index (χ4n) is 1.12. The molecule has 0 bridgehead atoms. The van der Waals surface area contributed by atoms with Crippen LogP contribution in [0.1, 0.15) is 16.1 Å². The summed E-state index contributed by atoms with van der Waals surface area (Å²) >= 11 is 0. The van der Waals surface area contributed by atoms with Crippen molar-refractivity contribution >= 4 is 17.8 Å². The molecule has 1 rings (SSSR count). The number of hydrogen-bond donors (Lipinski definition) is 1. The Hall–Kier alpha value is -2.06. The van der Waals surface area contributed by atoms with Gasteiger partial charge in [0.05, 0.1) is 5.69 Å². The van der Waals surface area contributed by atoms with Crippen molar-refractivity contribution in [3.63, 3.8) is 0 Å². The van der Waals surface area contributed by atoms with E-state index in [0.29, 0.717) is 0 Å². The van der Waals surface area contributed by atoms with E-state index >= 15 is 0 Å². The van der Waals surface area contributed by atoms with E-state index in [1.165, 1.54) is 6.92 Å². The summed E-state index contributed by atoms with van der Waals surface area (Å²) < 4.78 is 40.8. The van der Waals surface area contributed by atoms with E-state index < -0.39 is 29.5 Å². The minimum absolute atomic E-state index is 0.0590. The topological polar surface area (TPSA) is 83.6 Å². The van der Waals surface area contributed by atoms with Crippen LogP contribution >= 0.6 is 0 Å². The number of aryl methyl sites for hydroxylation is 1. The molecule has 0 saturated heterocycles. The average molecular weight is 252 g/mol. The van der Waals surface area contributed by atoms with Crippen molar-refractivity contribution in [2.45, 2.75) is 13.1 Å². The summed E-state index contributed by atoms with van der Waals surface area (Å²) in [5.74, 6) is -4.52. The van der Waals surface area contributed by atoms with E-state index in [1.54, 1.807) is 0 Å². The third-order valence-corrected chi connectivity index (χ3v) is 1.91. The fraction of sp³-hybridized carbons (Fsp3) is 0.375. The number of aromatic nitrogens is 1. The number of aromatic carboxylic acids is 1. The van der Waals surface area contributed by atoms with Crippen LogP contribution in [0, 0.1) is 6.92 Å². The van der Waals surface area contributed by atoms with Gasteiger partial charge in [0.25, 0.3) is 0 Å². The molecule has 0 aromatic carbocycles. The van der Waals surface area contributed by atoms with Crippen LogP contribution in [0.25, 0.3) is 0 Å². The van der Waals surface area contributed by atoms with Gasteiger partial charge in [0.1, 0.15) is 5.56 Å². The van der Waals surface area contributed by atoms with Gasteiger partial charge in [-0.3, -0.25) is 9.69 Å². The van der Waals surface area contributed by atoms with Crippen LogP contribution in [-0.4, -0.2) is 35.4 Å². The van der Waals surface area contributed by atoms with Crippen molar-refractivity contribution in [3.8, 4) is 0 Å². The summed E-state index contributed by atoms with van der Waals surface area (Å²) in [4.78, 5) is 21.7. The lowest BCUT2D eigenvalue weighted by atomic mass is 10.2. The normalized spacial score (nSPS) is 11.4. The second kappa shape index (κ2) is 4.07. The summed E-state index contributed by atoms with van der Waals surface area (Å²) in [7, 11) is 0.752. The molecule has 0 unspecified atom stereocenters. The van der Waals surface area contributed by atoms with E-state index in [0.717, 1.165) is 7.05 Å². The van der Waals surface area contributed by atoms with Crippen LogP contribution in [0.3, 0.4) is 0 Å². The second-order valence-electron chi connectivity index (χ2n) is 3.12. The molecule has 1 N–H and O–H groups in total. The lowest BCUT2D eigenvalue weighted by Crippen LogP contribution is -2.39. The number of rotatable bonds is 2. The third kappa shape index (κ3) is 2.37. The van der Waals surface area contributed by atoms with Crippen molar-refractivity contribution in [1.29, 1.82) is 0 Å². The Balaban J connectivity index is 3.18. The molecule has 1 aromatic heterocycles. The Bertz CT molecular complexity index is 466. The van der Waals surface area contributed by atoms with Gasteiger partial charge in [0, 0.05) is 7.05 Å². The molecule has 0 atom stereocenters. The molecule has 17 heavy (non-hydrogen) atoms. The zero-order chi connectivity index (χ0) is 13.4. The number of anilines is 1. The highest BCUT2D eigenvalue weighted by atomic mass is 19.4. The SMILES string of the molecule is Cc1noc(N(C)C(=O)C(F)(F)F)c1C(=O)O. The Kier molecular flexibility index (Phi) is 3.12. The van der Waals surface area contributed by atoms with Gasteiger partial charge in [-0.15, -0.1) is 0 Å². The first-order chi connectivity index (χ1) is 7.66. The van der Waals surface area contributed by atoms with Gasteiger partial charge in [0.2, 0.25) is 5.88 Å². The molecule has 0 radical (unpaired) electrons. The quantitative estimate of drug-likeness (QED) is 0.855. The predicted octanol–water partition coefficient (Wildman–Crippen LogP) is 1.21. The summed E-state index contributed by atoms with van der Waals surface area (Å²) in [6.45, 7) is 1.24. The summed E-state index contributed by atoms with van der Waals surface area (Å²) in [6, 6.07) is 0. The molecule has 0 aliphatic heterocycles. The van der Waals surface area contributed by atoms with Gasteiger partial charge in [-0.1, -0.05) is 5.16 Å². The van der Waals surface area contributed by atoms with Crippen LogP contribution in [-0.2, 0) is 4.79 Å². The van der Waals surface area contributed by atoms with E-state index in [9.17, 15) is 22.8 Å². The number of carbonyl (C=O) groups excluding carboxylic acids is 1. The number of amides is 1. The number of carboxylic acids is 1.